The molecule has 6 heteroatoms. The van der Waals surface area contributed by atoms with Gasteiger partial charge in [-0.2, -0.15) is 0 Å². The van der Waals surface area contributed by atoms with Gasteiger partial charge in [0.1, 0.15) is 0 Å². The van der Waals surface area contributed by atoms with Crippen LogP contribution in [0, 0.1) is 0 Å². The van der Waals surface area contributed by atoms with Crippen LogP contribution in [0.1, 0.15) is 0 Å². The smallest absolute Gasteiger partial charge is 0.261 e. The third-order valence-corrected chi connectivity index (χ3v) is 5.38. The van der Waals surface area contributed by atoms with E-state index >= 15 is 0 Å². The van der Waals surface area contributed by atoms with Crippen LogP contribution in [0.4, 0.5) is 5.69 Å². The Morgan fingerprint density at radius 1 is 0.909 bits per heavy atom. The molecule has 0 fully saturated rings. The summed E-state index contributed by atoms with van der Waals surface area (Å²) in [6.45, 7) is 0. The zero-order chi connectivity index (χ0) is 15.7. The maximum atomic E-state index is 12.5. The van der Waals surface area contributed by atoms with Gasteiger partial charge in [0, 0.05) is 4.47 Å². The van der Waals surface area contributed by atoms with Crippen LogP contribution < -0.4 is 4.72 Å². The molecular formula is C16H11BrClNO2S. The van der Waals surface area contributed by atoms with E-state index in [1.807, 2.05) is 24.3 Å². The molecule has 0 aromatic heterocycles. The molecule has 3 aromatic rings. The van der Waals surface area contributed by atoms with Crippen LogP contribution in [-0.2, 0) is 10.0 Å². The van der Waals surface area contributed by atoms with E-state index in [4.69, 9.17) is 11.6 Å². The van der Waals surface area contributed by atoms with Gasteiger partial charge in [0.25, 0.3) is 10.0 Å². The van der Waals surface area contributed by atoms with Gasteiger partial charge >= 0.3 is 0 Å². The summed E-state index contributed by atoms with van der Waals surface area (Å²) < 4.78 is 28.3. The largest absolute Gasteiger partial charge is 0.278 e. The van der Waals surface area contributed by atoms with Crippen LogP contribution in [0.3, 0.4) is 0 Å². The molecule has 0 aliphatic heterocycles. The molecule has 3 rings (SSSR count). The molecule has 3 aromatic carbocycles. The van der Waals surface area contributed by atoms with Crippen molar-refractivity contribution in [1.29, 1.82) is 0 Å². The molecule has 0 spiro atoms. The van der Waals surface area contributed by atoms with Crippen LogP contribution in [-0.4, -0.2) is 8.42 Å². The third kappa shape index (κ3) is 3.11. The predicted molar refractivity (Wildman–Crippen MR) is 93.9 cm³/mol. The number of anilines is 1. The lowest BCUT2D eigenvalue weighted by Crippen LogP contribution is -2.13. The van der Waals surface area contributed by atoms with Crippen molar-refractivity contribution in [3.63, 3.8) is 0 Å². The van der Waals surface area contributed by atoms with Gasteiger partial charge in [-0.25, -0.2) is 8.42 Å². The topological polar surface area (TPSA) is 46.2 Å². The zero-order valence-corrected chi connectivity index (χ0v) is 14.4. The lowest BCUT2D eigenvalue weighted by molar-refractivity contribution is 0.601. The lowest BCUT2D eigenvalue weighted by atomic mass is 10.1. The molecule has 0 aliphatic carbocycles. The predicted octanol–water partition coefficient (Wildman–Crippen LogP) is 5.06. The second kappa shape index (κ2) is 5.91. The highest BCUT2D eigenvalue weighted by Gasteiger charge is 2.16. The molecular weight excluding hydrogens is 386 g/mol. The van der Waals surface area contributed by atoms with Crippen molar-refractivity contribution in [3.05, 3.63) is 70.2 Å². The summed E-state index contributed by atoms with van der Waals surface area (Å²) in [7, 11) is -3.69. The minimum atomic E-state index is -3.69. The highest BCUT2D eigenvalue weighted by Crippen LogP contribution is 2.28. The van der Waals surface area contributed by atoms with Crippen LogP contribution in [0.15, 0.2) is 70.0 Å². The van der Waals surface area contributed by atoms with E-state index in [1.54, 1.807) is 36.4 Å². The number of hydrogen-bond donors (Lipinski definition) is 1. The standard InChI is InChI=1S/C16H11BrClNO2S/c17-13-6-8-16(15(18)10-13)19-22(20,21)14-7-5-11-3-1-2-4-12(11)9-14/h1-10,19H. The van der Waals surface area contributed by atoms with E-state index in [2.05, 4.69) is 20.7 Å². The van der Waals surface area contributed by atoms with Crippen molar-refractivity contribution in [1.82, 2.24) is 0 Å². The first kappa shape index (κ1) is 15.3. The van der Waals surface area contributed by atoms with Crippen LogP contribution in [0.2, 0.25) is 5.02 Å². The summed E-state index contributed by atoms with van der Waals surface area (Å²) in [6, 6.07) is 17.6. The number of nitrogens with one attached hydrogen (secondary N) is 1. The quantitative estimate of drug-likeness (QED) is 0.673. The Morgan fingerprint density at radius 2 is 1.64 bits per heavy atom. The van der Waals surface area contributed by atoms with Gasteiger partial charge in [-0.1, -0.05) is 57.9 Å². The van der Waals surface area contributed by atoms with Gasteiger partial charge in [0.15, 0.2) is 0 Å². The van der Waals surface area contributed by atoms with E-state index in [0.717, 1.165) is 15.2 Å². The van der Waals surface area contributed by atoms with Crippen molar-refractivity contribution >= 4 is 54.0 Å². The average molecular weight is 397 g/mol. The molecule has 0 aliphatic rings. The van der Waals surface area contributed by atoms with Crippen molar-refractivity contribution < 1.29 is 8.42 Å². The Balaban J connectivity index is 2.00. The van der Waals surface area contributed by atoms with Gasteiger partial charge in [-0.05, 0) is 41.1 Å². The Hall–Kier alpha value is -1.56. The van der Waals surface area contributed by atoms with Crippen molar-refractivity contribution in [2.24, 2.45) is 0 Å². The van der Waals surface area contributed by atoms with Crippen LogP contribution >= 0.6 is 27.5 Å². The Kier molecular flexibility index (Phi) is 4.12. The minimum absolute atomic E-state index is 0.199. The fourth-order valence-corrected chi connectivity index (χ4v) is 4.00. The van der Waals surface area contributed by atoms with Crippen molar-refractivity contribution in [2.45, 2.75) is 4.90 Å². The SMILES string of the molecule is O=S(=O)(Nc1ccc(Br)cc1Cl)c1ccc2ccccc2c1. The summed E-state index contributed by atoms with van der Waals surface area (Å²) in [5, 5.41) is 2.19. The summed E-state index contributed by atoms with van der Waals surface area (Å²) in [5.74, 6) is 0. The summed E-state index contributed by atoms with van der Waals surface area (Å²) >= 11 is 9.35. The number of sulfonamides is 1. The molecule has 0 amide bonds. The van der Waals surface area contributed by atoms with Gasteiger partial charge in [-0.3, -0.25) is 4.72 Å². The van der Waals surface area contributed by atoms with E-state index in [9.17, 15) is 8.42 Å². The Morgan fingerprint density at radius 3 is 2.36 bits per heavy atom. The molecule has 0 radical (unpaired) electrons. The molecule has 0 unspecified atom stereocenters. The lowest BCUT2D eigenvalue weighted by Gasteiger charge is -2.10. The van der Waals surface area contributed by atoms with Crippen molar-refractivity contribution in [3.8, 4) is 0 Å². The highest BCUT2D eigenvalue weighted by molar-refractivity contribution is 9.10. The fourth-order valence-electron chi connectivity index (χ4n) is 2.11. The Labute approximate surface area is 142 Å². The number of fused-ring (bicyclic) bond motifs is 1. The van der Waals surface area contributed by atoms with E-state index in [-0.39, 0.29) is 4.90 Å². The van der Waals surface area contributed by atoms with Gasteiger partial charge in [-0.15, -0.1) is 0 Å². The Bertz CT molecular complexity index is 957. The summed E-state index contributed by atoms with van der Waals surface area (Å²) in [5.41, 5.74) is 0.345. The van der Waals surface area contributed by atoms with Gasteiger partial charge in [0.2, 0.25) is 0 Å². The molecule has 0 saturated carbocycles. The molecule has 0 bridgehead atoms. The fraction of sp³-hybridized carbons (Fsp3) is 0. The van der Waals surface area contributed by atoms with Crippen molar-refractivity contribution in [2.75, 3.05) is 4.72 Å². The molecule has 22 heavy (non-hydrogen) atoms. The summed E-state index contributed by atoms with van der Waals surface area (Å²) in [4.78, 5) is 0.199. The van der Waals surface area contributed by atoms with E-state index in [0.29, 0.717) is 10.7 Å². The first-order chi connectivity index (χ1) is 10.5. The number of halogens is 2. The summed E-state index contributed by atoms with van der Waals surface area (Å²) in [6.07, 6.45) is 0. The molecule has 0 heterocycles. The normalized spacial score (nSPS) is 11.5. The average Bonchev–Trinajstić information content (AvgIpc) is 2.49. The first-order valence-electron chi connectivity index (χ1n) is 6.42. The number of rotatable bonds is 3. The molecule has 112 valence electrons. The number of hydrogen-bond acceptors (Lipinski definition) is 2. The highest BCUT2D eigenvalue weighted by atomic mass is 79.9. The first-order valence-corrected chi connectivity index (χ1v) is 9.08. The van der Waals surface area contributed by atoms with Gasteiger partial charge in [0.05, 0.1) is 15.6 Å². The minimum Gasteiger partial charge on any atom is -0.278 e. The molecule has 1 N–H and O–H groups in total. The van der Waals surface area contributed by atoms with E-state index < -0.39 is 10.0 Å². The third-order valence-electron chi connectivity index (χ3n) is 3.21. The van der Waals surface area contributed by atoms with Crippen LogP contribution in [0.5, 0.6) is 0 Å². The second-order valence-electron chi connectivity index (χ2n) is 4.74. The van der Waals surface area contributed by atoms with E-state index in [1.165, 1.54) is 0 Å². The maximum absolute atomic E-state index is 12.5. The maximum Gasteiger partial charge on any atom is 0.261 e. The van der Waals surface area contributed by atoms with Gasteiger partial charge < -0.3 is 0 Å². The monoisotopic (exact) mass is 395 g/mol. The second-order valence-corrected chi connectivity index (χ2v) is 7.74. The molecule has 0 atom stereocenters. The number of benzene rings is 3. The van der Waals surface area contributed by atoms with Crippen LogP contribution in [0.25, 0.3) is 10.8 Å². The molecule has 0 saturated heterocycles. The zero-order valence-electron chi connectivity index (χ0n) is 11.3. The molecule has 3 nitrogen and oxygen atoms in total.